The molecule has 0 spiro atoms. The van der Waals surface area contributed by atoms with E-state index in [0.717, 1.165) is 25.1 Å². The standard InChI is InChI=1S/C16H26FNO/c1-3-10-18-11-6-4-5-7-12-19-16-13-15(17)9-8-14(16)2/h8-9,13,18H,3-7,10-12H2,1-2H3. The second-order valence-electron chi connectivity index (χ2n) is 4.92. The van der Waals surface area contributed by atoms with Crippen LogP contribution >= 0.6 is 0 Å². The third kappa shape index (κ3) is 7.16. The van der Waals surface area contributed by atoms with Crippen LogP contribution in [-0.4, -0.2) is 19.7 Å². The largest absolute Gasteiger partial charge is 0.493 e. The van der Waals surface area contributed by atoms with Crippen LogP contribution in [0, 0.1) is 12.7 Å². The summed E-state index contributed by atoms with van der Waals surface area (Å²) in [4.78, 5) is 0. The summed E-state index contributed by atoms with van der Waals surface area (Å²) in [6, 6.07) is 4.68. The zero-order chi connectivity index (χ0) is 13.9. The molecule has 0 aliphatic rings. The zero-order valence-electron chi connectivity index (χ0n) is 12.2. The number of rotatable bonds is 10. The van der Waals surface area contributed by atoms with Gasteiger partial charge in [-0.3, -0.25) is 0 Å². The van der Waals surface area contributed by atoms with Crippen molar-refractivity contribution in [1.29, 1.82) is 0 Å². The lowest BCUT2D eigenvalue weighted by Crippen LogP contribution is -2.15. The molecule has 0 aliphatic carbocycles. The Morgan fingerprint density at radius 3 is 2.68 bits per heavy atom. The van der Waals surface area contributed by atoms with Gasteiger partial charge in [0.1, 0.15) is 11.6 Å². The Kier molecular flexibility index (Phi) is 8.23. The van der Waals surface area contributed by atoms with E-state index in [4.69, 9.17) is 4.74 Å². The third-order valence-electron chi connectivity index (χ3n) is 3.08. The van der Waals surface area contributed by atoms with E-state index in [9.17, 15) is 4.39 Å². The summed E-state index contributed by atoms with van der Waals surface area (Å²) in [6.07, 6.45) is 5.84. The first-order valence-corrected chi connectivity index (χ1v) is 7.33. The van der Waals surface area contributed by atoms with E-state index in [0.29, 0.717) is 12.4 Å². The summed E-state index contributed by atoms with van der Waals surface area (Å²) >= 11 is 0. The Labute approximate surface area is 116 Å². The molecule has 0 fully saturated rings. The van der Waals surface area contributed by atoms with Gasteiger partial charge in [-0.1, -0.05) is 25.8 Å². The molecule has 1 rings (SSSR count). The van der Waals surface area contributed by atoms with Crippen LogP contribution in [0.25, 0.3) is 0 Å². The molecule has 0 aliphatic heterocycles. The van der Waals surface area contributed by atoms with E-state index in [1.165, 1.54) is 37.8 Å². The number of unbranched alkanes of at least 4 members (excludes halogenated alkanes) is 3. The lowest BCUT2D eigenvalue weighted by atomic mass is 10.2. The van der Waals surface area contributed by atoms with Gasteiger partial charge in [-0.25, -0.2) is 4.39 Å². The molecular weight excluding hydrogens is 241 g/mol. The van der Waals surface area contributed by atoms with Crippen LogP contribution in [0.15, 0.2) is 18.2 Å². The van der Waals surface area contributed by atoms with Crippen molar-refractivity contribution < 1.29 is 9.13 Å². The molecule has 0 saturated heterocycles. The summed E-state index contributed by atoms with van der Waals surface area (Å²) in [6.45, 7) is 7.01. The molecule has 1 N–H and O–H groups in total. The number of nitrogens with one attached hydrogen (secondary N) is 1. The van der Waals surface area contributed by atoms with E-state index in [-0.39, 0.29) is 5.82 Å². The highest BCUT2D eigenvalue weighted by atomic mass is 19.1. The molecule has 108 valence electrons. The number of benzene rings is 1. The van der Waals surface area contributed by atoms with Gasteiger partial charge >= 0.3 is 0 Å². The summed E-state index contributed by atoms with van der Waals surface area (Å²) < 4.78 is 18.6. The molecule has 0 bridgehead atoms. The van der Waals surface area contributed by atoms with Crippen molar-refractivity contribution in [1.82, 2.24) is 5.32 Å². The molecule has 0 radical (unpaired) electrons. The van der Waals surface area contributed by atoms with E-state index in [1.807, 2.05) is 6.92 Å². The summed E-state index contributed by atoms with van der Waals surface area (Å²) in [5.41, 5.74) is 0.991. The SMILES string of the molecule is CCCNCCCCCCOc1cc(F)ccc1C. The molecule has 2 nitrogen and oxygen atoms in total. The maximum Gasteiger partial charge on any atom is 0.126 e. The molecule has 0 saturated carbocycles. The van der Waals surface area contributed by atoms with Gasteiger partial charge in [0.25, 0.3) is 0 Å². The Morgan fingerprint density at radius 2 is 1.89 bits per heavy atom. The van der Waals surface area contributed by atoms with Gasteiger partial charge in [-0.2, -0.15) is 0 Å². The number of hydrogen-bond donors (Lipinski definition) is 1. The van der Waals surface area contributed by atoms with Gasteiger partial charge in [0.2, 0.25) is 0 Å². The minimum atomic E-state index is -0.234. The first kappa shape index (κ1) is 16.0. The van der Waals surface area contributed by atoms with Gasteiger partial charge < -0.3 is 10.1 Å². The van der Waals surface area contributed by atoms with Crippen LogP contribution in [0.3, 0.4) is 0 Å². The van der Waals surface area contributed by atoms with Crippen molar-refractivity contribution in [3.63, 3.8) is 0 Å². The normalized spacial score (nSPS) is 10.7. The molecule has 1 aromatic carbocycles. The van der Waals surface area contributed by atoms with Crippen LogP contribution in [0.5, 0.6) is 5.75 Å². The quantitative estimate of drug-likeness (QED) is 0.645. The lowest BCUT2D eigenvalue weighted by molar-refractivity contribution is 0.301. The number of aryl methyl sites for hydroxylation is 1. The fourth-order valence-electron chi connectivity index (χ4n) is 1.92. The molecule has 3 heteroatoms. The van der Waals surface area contributed by atoms with Crippen LogP contribution in [0.1, 0.15) is 44.6 Å². The summed E-state index contributed by atoms with van der Waals surface area (Å²) in [5.74, 6) is 0.437. The molecule has 1 aromatic rings. The molecule has 0 heterocycles. The highest BCUT2D eigenvalue weighted by Crippen LogP contribution is 2.19. The predicted octanol–water partition coefficient (Wildman–Crippen LogP) is 4.07. The lowest BCUT2D eigenvalue weighted by Gasteiger charge is -2.09. The fraction of sp³-hybridized carbons (Fsp3) is 0.625. The average Bonchev–Trinajstić information content (AvgIpc) is 2.40. The van der Waals surface area contributed by atoms with E-state index in [2.05, 4.69) is 12.2 Å². The van der Waals surface area contributed by atoms with Crippen molar-refractivity contribution in [2.45, 2.75) is 46.0 Å². The summed E-state index contributed by atoms with van der Waals surface area (Å²) in [5, 5.41) is 3.39. The topological polar surface area (TPSA) is 21.3 Å². The van der Waals surface area contributed by atoms with Gasteiger partial charge in [-0.05, 0) is 50.9 Å². The Morgan fingerprint density at radius 1 is 1.11 bits per heavy atom. The Bertz CT molecular complexity index is 355. The fourth-order valence-corrected chi connectivity index (χ4v) is 1.92. The predicted molar refractivity (Wildman–Crippen MR) is 78.3 cm³/mol. The molecular formula is C16H26FNO. The van der Waals surface area contributed by atoms with Crippen molar-refractivity contribution in [2.24, 2.45) is 0 Å². The molecule has 0 aromatic heterocycles. The number of hydrogen-bond acceptors (Lipinski definition) is 2. The van der Waals surface area contributed by atoms with E-state index in [1.54, 1.807) is 6.07 Å². The highest BCUT2D eigenvalue weighted by molar-refractivity contribution is 5.32. The maximum absolute atomic E-state index is 13.0. The van der Waals surface area contributed by atoms with E-state index >= 15 is 0 Å². The number of ether oxygens (including phenoxy) is 1. The van der Waals surface area contributed by atoms with E-state index < -0.39 is 0 Å². The van der Waals surface area contributed by atoms with Crippen LogP contribution in [0.4, 0.5) is 4.39 Å². The highest BCUT2D eigenvalue weighted by Gasteiger charge is 2.01. The monoisotopic (exact) mass is 267 g/mol. The first-order valence-electron chi connectivity index (χ1n) is 7.33. The van der Waals surface area contributed by atoms with Crippen molar-refractivity contribution in [2.75, 3.05) is 19.7 Å². The second kappa shape index (κ2) is 9.79. The van der Waals surface area contributed by atoms with Gasteiger partial charge in [0.05, 0.1) is 6.61 Å². The molecule has 19 heavy (non-hydrogen) atoms. The van der Waals surface area contributed by atoms with Gasteiger partial charge in [0, 0.05) is 6.07 Å². The molecule has 0 unspecified atom stereocenters. The van der Waals surface area contributed by atoms with Crippen molar-refractivity contribution in [3.05, 3.63) is 29.6 Å². The van der Waals surface area contributed by atoms with Crippen molar-refractivity contribution in [3.8, 4) is 5.75 Å². The minimum Gasteiger partial charge on any atom is -0.493 e. The Hall–Kier alpha value is -1.09. The molecule has 0 atom stereocenters. The van der Waals surface area contributed by atoms with Gasteiger partial charge in [0.15, 0.2) is 0 Å². The first-order chi connectivity index (χ1) is 9.24. The Balaban J connectivity index is 2.03. The number of halogens is 1. The average molecular weight is 267 g/mol. The maximum atomic E-state index is 13.0. The van der Waals surface area contributed by atoms with Crippen LogP contribution in [0.2, 0.25) is 0 Å². The second-order valence-corrected chi connectivity index (χ2v) is 4.92. The smallest absolute Gasteiger partial charge is 0.126 e. The molecule has 0 amide bonds. The minimum absolute atomic E-state index is 0.234. The van der Waals surface area contributed by atoms with Crippen molar-refractivity contribution >= 4 is 0 Å². The third-order valence-corrected chi connectivity index (χ3v) is 3.08. The van der Waals surface area contributed by atoms with Gasteiger partial charge in [-0.15, -0.1) is 0 Å². The van der Waals surface area contributed by atoms with Crippen LogP contribution < -0.4 is 10.1 Å². The zero-order valence-corrected chi connectivity index (χ0v) is 12.2. The summed E-state index contributed by atoms with van der Waals surface area (Å²) in [7, 11) is 0. The van der Waals surface area contributed by atoms with Crippen LogP contribution in [-0.2, 0) is 0 Å².